The molecule has 36 heavy (non-hydrogen) atoms. The summed E-state index contributed by atoms with van der Waals surface area (Å²) >= 11 is 0. The second-order valence-electron chi connectivity index (χ2n) is 9.19. The highest BCUT2D eigenvalue weighted by molar-refractivity contribution is 6.08. The zero-order valence-electron chi connectivity index (χ0n) is 20.3. The maximum Gasteiger partial charge on any atom is 0.343 e. The minimum Gasteiger partial charge on any atom is -0.456 e. The molecule has 8 heteroatoms. The van der Waals surface area contributed by atoms with E-state index < -0.39 is 42.2 Å². The van der Waals surface area contributed by atoms with Gasteiger partial charge in [0.15, 0.2) is 12.4 Å². The lowest BCUT2D eigenvalue weighted by Gasteiger charge is -2.23. The van der Waals surface area contributed by atoms with Gasteiger partial charge in [0.05, 0.1) is 17.4 Å². The van der Waals surface area contributed by atoms with Crippen molar-refractivity contribution in [2.45, 2.75) is 33.2 Å². The summed E-state index contributed by atoms with van der Waals surface area (Å²) < 4.78 is 10.5. The summed E-state index contributed by atoms with van der Waals surface area (Å²) in [5, 5.41) is 0. The number of hydrogen-bond donors (Lipinski definition) is 0. The number of hydrogen-bond acceptors (Lipinski definition) is 7. The molecule has 0 radical (unpaired) electrons. The first kappa shape index (κ1) is 25.0. The van der Waals surface area contributed by atoms with Crippen LogP contribution < -0.4 is 4.74 Å². The Morgan fingerprint density at radius 2 is 1.61 bits per heavy atom. The summed E-state index contributed by atoms with van der Waals surface area (Å²) in [4.78, 5) is 63.9. The molecule has 8 nitrogen and oxygen atoms in total. The van der Waals surface area contributed by atoms with Crippen molar-refractivity contribution in [1.29, 1.82) is 0 Å². The Bertz CT molecular complexity index is 1230. The number of aryl methyl sites for hydroxylation is 1. The van der Waals surface area contributed by atoms with Crippen LogP contribution >= 0.6 is 0 Å². The van der Waals surface area contributed by atoms with E-state index in [1.54, 1.807) is 24.3 Å². The first-order valence-electron chi connectivity index (χ1n) is 11.8. The smallest absolute Gasteiger partial charge is 0.343 e. The number of benzene rings is 2. The van der Waals surface area contributed by atoms with Crippen LogP contribution in [0.25, 0.3) is 0 Å². The van der Waals surface area contributed by atoms with Gasteiger partial charge in [-0.15, -0.1) is 0 Å². The van der Waals surface area contributed by atoms with E-state index >= 15 is 0 Å². The first-order valence-corrected chi connectivity index (χ1v) is 11.8. The van der Waals surface area contributed by atoms with Crippen LogP contribution in [0.4, 0.5) is 0 Å². The number of nitrogens with zero attached hydrogens (tertiary/aromatic N) is 1. The largest absolute Gasteiger partial charge is 0.456 e. The van der Waals surface area contributed by atoms with E-state index in [2.05, 4.69) is 0 Å². The van der Waals surface area contributed by atoms with Gasteiger partial charge in [-0.1, -0.05) is 36.8 Å². The maximum absolute atomic E-state index is 12.8. The van der Waals surface area contributed by atoms with Crippen molar-refractivity contribution in [2.24, 2.45) is 17.8 Å². The fourth-order valence-electron chi connectivity index (χ4n) is 4.56. The average Bonchev–Trinajstić information content (AvgIpc) is 3.13. The number of carbonyl (C=O) groups is 5. The van der Waals surface area contributed by atoms with E-state index in [4.69, 9.17) is 9.47 Å². The van der Waals surface area contributed by atoms with E-state index in [1.165, 1.54) is 31.2 Å². The second kappa shape index (κ2) is 10.3. The van der Waals surface area contributed by atoms with Crippen molar-refractivity contribution in [3.05, 3.63) is 77.4 Å². The van der Waals surface area contributed by atoms with E-state index in [9.17, 15) is 24.0 Å². The van der Waals surface area contributed by atoms with Gasteiger partial charge in [-0.3, -0.25) is 19.3 Å². The summed E-state index contributed by atoms with van der Waals surface area (Å²) in [7, 11) is 0. The lowest BCUT2D eigenvalue weighted by atomic mass is 9.78. The quantitative estimate of drug-likeness (QED) is 0.193. The first-order chi connectivity index (χ1) is 17.2. The van der Waals surface area contributed by atoms with Crippen molar-refractivity contribution in [3.63, 3.8) is 0 Å². The number of carbonyl (C=O) groups excluding carboxylic acids is 5. The van der Waals surface area contributed by atoms with Gasteiger partial charge in [-0.05, 0) is 62.6 Å². The summed E-state index contributed by atoms with van der Waals surface area (Å²) in [5.41, 5.74) is 1.68. The Labute approximate surface area is 208 Å². The summed E-state index contributed by atoms with van der Waals surface area (Å²) in [5.74, 6) is -3.35. The summed E-state index contributed by atoms with van der Waals surface area (Å²) in [6, 6.07) is 11.7. The molecule has 186 valence electrons. The van der Waals surface area contributed by atoms with Crippen LogP contribution in [0.2, 0.25) is 0 Å². The molecular formula is C28H27NO7. The second-order valence-corrected chi connectivity index (χ2v) is 9.19. The predicted molar refractivity (Wildman–Crippen MR) is 129 cm³/mol. The number of ketones is 1. The molecule has 1 saturated heterocycles. The Kier molecular flexibility index (Phi) is 7.15. The van der Waals surface area contributed by atoms with Gasteiger partial charge in [0.2, 0.25) is 11.8 Å². The Balaban J connectivity index is 1.31. The molecule has 1 aliphatic heterocycles. The molecule has 4 unspecified atom stereocenters. The predicted octanol–water partition coefficient (Wildman–Crippen LogP) is 3.53. The van der Waals surface area contributed by atoms with Crippen molar-refractivity contribution in [1.82, 2.24) is 4.90 Å². The molecular weight excluding hydrogens is 462 g/mol. The number of allylic oxidation sites excluding steroid dienone is 2. The van der Waals surface area contributed by atoms with Gasteiger partial charge in [0, 0.05) is 5.56 Å². The third-order valence-corrected chi connectivity index (χ3v) is 6.65. The number of likely N-dealkylation sites (tertiary alicyclic amines) is 1. The van der Waals surface area contributed by atoms with Crippen molar-refractivity contribution in [3.8, 4) is 5.75 Å². The molecule has 0 saturated carbocycles. The monoisotopic (exact) mass is 489 g/mol. The van der Waals surface area contributed by atoms with Gasteiger partial charge in [0.1, 0.15) is 11.8 Å². The van der Waals surface area contributed by atoms with Crippen LogP contribution in [0, 0.1) is 24.7 Å². The van der Waals surface area contributed by atoms with E-state index in [1.807, 2.05) is 26.0 Å². The number of rotatable bonds is 7. The van der Waals surface area contributed by atoms with Crippen molar-refractivity contribution in [2.75, 3.05) is 6.61 Å². The molecule has 1 heterocycles. The SMILES string of the molecule is Cc1ccc(C(=O)Oc2ccc(C(=O)COC(=O)C(C)N3C(=O)C4CC=CC(C)C4C3=O)cc2)cc1. The number of fused-ring (bicyclic) bond motifs is 1. The molecule has 0 aromatic heterocycles. The standard InChI is InChI=1S/C28H27NO7/c1-16-7-9-20(10-8-16)28(34)36-21-13-11-19(12-14-21)23(30)15-35-27(33)18(3)29-25(31)22-6-4-5-17(2)24(22)26(29)32/h4-5,7-14,17-18,22,24H,6,15H2,1-3H3. The van der Waals surface area contributed by atoms with Crippen LogP contribution in [0.3, 0.4) is 0 Å². The Morgan fingerprint density at radius 1 is 0.972 bits per heavy atom. The molecule has 1 aliphatic carbocycles. The van der Waals surface area contributed by atoms with Crippen LogP contribution in [-0.2, 0) is 19.1 Å². The van der Waals surface area contributed by atoms with Gasteiger partial charge >= 0.3 is 11.9 Å². The van der Waals surface area contributed by atoms with Crippen molar-refractivity contribution >= 4 is 29.5 Å². The molecule has 0 N–H and O–H groups in total. The zero-order valence-corrected chi connectivity index (χ0v) is 20.3. The molecule has 2 amide bonds. The molecule has 4 rings (SSSR count). The van der Waals surface area contributed by atoms with Gasteiger partial charge in [-0.25, -0.2) is 9.59 Å². The fraction of sp³-hybridized carbons (Fsp3) is 0.321. The summed E-state index contributed by atoms with van der Waals surface area (Å²) in [6.45, 7) is 4.67. The molecule has 2 aliphatic rings. The number of ether oxygens (including phenoxy) is 2. The van der Waals surface area contributed by atoms with Gasteiger partial charge in [0.25, 0.3) is 0 Å². The molecule has 4 atom stereocenters. The molecule has 2 aromatic rings. The topological polar surface area (TPSA) is 107 Å². The molecule has 1 fully saturated rings. The van der Waals surface area contributed by atoms with E-state index in [-0.39, 0.29) is 29.0 Å². The summed E-state index contributed by atoms with van der Waals surface area (Å²) in [6.07, 6.45) is 4.26. The van der Waals surface area contributed by atoms with E-state index in [0.29, 0.717) is 12.0 Å². The molecule has 0 spiro atoms. The van der Waals surface area contributed by atoms with Crippen LogP contribution in [-0.4, -0.2) is 47.1 Å². The van der Waals surface area contributed by atoms with Crippen LogP contribution in [0.1, 0.15) is 46.5 Å². The van der Waals surface area contributed by atoms with Crippen molar-refractivity contribution < 1.29 is 33.4 Å². The fourth-order valence-corrected chi connectivity index (χ4v) is 4.56. The Hall–Kier alpha value is -4.07. The molecule has 0 bridgehead atoms. The zero-order chi connectivity index (χ0) is 26.0. The van der Waals surface area contributed by atoms with Crippen LogP contribution in [0.15, 0.2) is 60.7 Å². The van der Waals surface area contributed by atoms with Gasteiger partial charge < -0.3 is 9.47 Å². The maximum atomic E-state index is 12.8. The highest BCUT2D eigenvalue weighted by atomic mass is 16.5. The third kappa shape index (κ3) is 4.98. The number of amides is 2. The average molecular weight is 490 g/mol. The minimum atomic E-state index is -1.13. The lowest BCUT2D eigenvalue weighted by Crippen LogP contribution is -2.45. The number of esters is 2. The van der Waals surface area contributed by atoms with Crippen LogP contribution in [0.5, 0.6) is 5.75 Å². The number of Topliss-reactive ketones (excluding diaryl/α,β-unsaturated/α-hetero) is 1. The molecule has 2 aromatic carbocycles. The minimum absolute atomic E-state index is 0.0888. The number of imide groups is 1. The van der Waals surface area contributed by atoms with E-state index in [0.717, 1.165) is 10.5 Å². The lowest BCUT2D eigenvalue weighted by molar-refractivity contribution is -0.157. The Morgan fingerprint density at radius 3 is 2.25 bits per heavy atom. The van der Waals surface area contributed by atoms with Gasteiger partial charge in [-0.2, -0.15) is 0 Å². The normalized spacial score (nSPS) is 21.6. The highest BCUT2D eigenvalue weighted by Crippen LogP contribution is 2.39. The highest BCUT2D eigenvalue weighted by Gasteiger charge is 2.52. The third-order valence-electron chi connectivity index (χ3n) is 6.65.